The molecule has 0 bridgehead atoms. The van der Waals surface area contributed by atoms with Crippen LogP contribution in [0.25, 0.3) is 0 Å². The predicted molar refractivity (Wildman–Crippen MR) is 62.0 cm³/mol. The highest BCUT2D eigenvalue weighted by Gasteiger charge is 2.32. The molecular formula is C12H24N2O. The van der Waals surface area contributed by atoms with Gasteiger partial charge in [-0.15, -0.1) is 0 Å². The van der Waals surface area contributed by atoms with Crippen molar-refractivity contribution in [2.45, 2.75) is 38.9 Å². The van der Waals surface area contributed by atoms with Crippen molar-refractivity contribution in [3.05, 3.63) is 0 Å². The third kappa shape index (κ3) is 3.16. The molecule has 2 rings (SSSR count). The summed E-state index contributed by atoms with van der Waals surface area (Å²) >= 11 is 0. The molecule has 2 aliphatic rings. The van der Waals surface area contributed by atoms with Gasteiger partial charge in [0.1, 0.15) is 0 Å². The van der Waals surface area contributed by atoms with Crippen molar-refractivity contribution in [3.8, 4) is 0 Å². The first-order valence-electron chi connectivity index (χ1n) is 6.16. The van der Waals surface area contributed by atoms with Crippen molar-refractivity contribution in [1.82, 2.24) is 10.2 Å². The van der Waals surface area contributed by atoms with Crippen LogP contribution in [0.4, 0.5) is 0 Å². The molecule has 0 aromatic carbocycles. The van der Waals surface area contributed by atoms with Gasteiger partial charge in [0.2, 0.25) is 0 Å². The lowest BCUT2D eigenvalue weighted by Gasteiger charge is -2.42. The molecule has 2 aliphatic heterocycles. The fourth-order valence-corrected chi connectivity index (χ4v) is 2.96. The maximum atomic E-state index is 5.91. The van der Waals surface area contributed by atoms with Crippen molar-refractivity contribution < 1.29 is 4.74 Å². The first kappa shape index (κ1) is 11.4. The van der Waals surface area contributed by atoms with Crippen molar-refractivity contribution in [3.63, 3.8) is 0 Å². The minimum atomic E-state index is 0.0314. The molecule has 2 saturated heterocycles. The van der Waals surface area contributed by atoms with E-state index in [9.17, 15) is 0 Å². The number of nitrogens with zero attached hydrogens (tertiary/aromatic N) is 1. The minimum absolute atomic E-state index is 0.0314. The Kier molecular flexibility index (Phi) is 3.33. The lowest BCUT2D eigenvalue weighted by atomic mass is 10.0. The molecule has 0 spiro atoms. The number of rotatable bonds is 2. The smallest absolute Gasteiger partial charge is 0.0757 e. The van der Waals surface area contributed by atoms with E-state index in [1.165, 1.54) is 26.1 Å². The van der Waals surface area contributed by atoms with Crippen molar-refractivity contribution in [2.24, 2.45) is 5.92 Å². The molecule has 1 N–H and O–H groups in total. The quantitative estimate of drug-likeness (QED) is 0.742. The molecule has 3 nitrogen and oxygen atoms in total. The Morgan fingerprint density at radius 2 is 2.27 bits per heavy atom. The van der Waals surface area contributed by atoms with E-state index in [0.717, 1.165) is 19.0 Å². The van der Waals surface area contributed by atoms with Gasteiger partial charge in [-0.3, -0.25) is 4.90 Å². The zero-order valence-corrected chi connectivity index (χ0v) is 10.3. The topological polar surface area (TPSA) is 24.5 Å². The predicted octanol–water partition coefficient (Wildman–Crippen LogP) is 1.10. The van der Waals surface area contributed by atoms with Gasteiger partial charge in [-0.1, -0.05) is 0 Å². The number of morpholine rings is 1. The SMILES string of the molecule is CC1CN(CC2CCNC2)CC(C)(C)O1. The van der Waals surface area contributed by atoms with E-state index in [-0.39, 0.29) is 5.60 Å². The van der Waals surface area contributed by atoms with Gasteiger partial charge in [0.25, 0.3) is 0 Å². The van der Waals surface area contributed by atoms with Crippen LogP contribution in [0.15, 0.2) is 0 Å². The van der Waals surface area contributed by atoms with Crippen LogP contribution in [-0.4, -0.2) is 49.3 Å². The fourth-order valence-electron chi connectivity index (χ4n) is 2.96. The molecule has 15 heavy (non-hydrogen) atoms. The van der Waals surface area contributed by atoms with Gasteiger partial charge < -0.3 is 10.1 Å². The first-order chi connectivity index (χ1) is 7.05. The largest absolute Gasteiger partial charge is 0.370 e. The number of nitrogens with one attached hydrogen (secondary N) is 1. The Morgan fingerprint density at radius 1 is 1.47 bits per heavy atom. The molecule has 0 radical (unpaired) electrons. The summed E-state index contributed by atoms with van der Waals surface area (Å²) < 4.78 is 5.91. The molecular weight excluding hydrogens is 188 g/mol. The third-order valence-corrected chi connectivity index (χ3v) is 3.32. The molecule has 0 aromatic heterocycles. The molecule has 0 saturated carbocycles. The van der Waals surface area contributed by atoms with E-state index in [4.69, 9.17) is 4.74 Å². The Morgan fingerprint density at radius 3 is 2.87 bits per heavy atom. The molecule has 3 heteroatoms. The highest BCUT2D eigenvalue weighted by atomic mass is 16.5. The van der Waals surface area contributed by atoms with Crippen LogP contribution in [0.3, 0.4) is 0 Å². The second-order valence-corrected chi connectivity index (χ2v) is 5.74. The summed E-state index contributed by atoms with van der Waals surface area (Å²) in [6, 6.07) is 0. The van der Waals surface area contributed by atoms with Crippen LogP contribution >= 0.6 is 0 Å². The van der Waals surface area contributed by atoms with Crippen LogP contribution in [0.5, 0.6) is 0 Å². The van der Waals surface area contributed by atoms with Gasteiger partial charge in [0.05, 0.1) is 11.7 Å². The first-order valence-corrected chi connectivity index (χ1v) is 6.16. The van der Waals surface area contributed by atoms with Crippen LogP contribution in [-0.2, 0) is 4.74 Å². The average Bonchev–Trinajstić information content (AvgIpc) is 2.52. The summed E-state index contributed by atoms with van der Waals surface area (Å²) in [6.07, 6.45) is 1.72. The maximum absolute atomic E-state index is 5.91. The molecule has 0 amide bonds. The zero-order valence-electron chi connectivity index (χ0n) is 10.3. The van der Waals surface area contributed by atoms with E-state index in [1.54, 1.807) is 0 Å². The monoisotopic (exact) mass is 212 g/mol. The Hall–Kier alpha value is -0.120. The summed E-state index contributed by atoms with van der Waals surface area (Å²) in [7, 11) is 0. The average molecular weight is 212 g/mol. The van der Waals surface area contributed by atoms with Gasteiger partial charge in [0, 0.05) is 19.6 Å². The normalized spacial score (nSPS) is 37.0. The van der Waals surface area contributed by atoms with Crippen molar-refractivity contribution in [1.29, 1.82) is 0 Å². The number of ether oxygens (including phenoxy) is 1. The zero-order chi connectivity index (χ0) is 10.9. The Balaban J connectivity index is 1.85. The standard InChI is InChI=1S/C12H24N2O/c1-10-7-14(9-12(2,3)15-10)8-11-4-5-13-6-11/h10-11,13H,4-9H2,1-3H3. The van der Waals surface area contributed by atoms with E-state index in [0.29, 0.717) is 6.10 Å². The van der Waals surface area contributed by atoms with Crippen LogP contribution in [0.2, 0.25) is 0 Å². The summed E-state index contributed by atoms with van der Waals surface area (Å²) in [6.45, 7) is 12.4. The van der Waals surface area contributed by atoms with Gasteiger partial charge in [0.15, 0.2) is 0 Å². The number of hydrogen-bond acceptors (Lipinski definition) is 3. The lowest BCUT2D eigenvalue weighted by molar-refractivity contribution is -0.130. The molecule has 2 fully saturated rings. The maximum Gasteiger partial charge on any atom is 0.0757 e. The summed E-state index contributed by atoms with van der Waals surface area (Å²) in [4.78, 5) is 2.58. The van der Waals surface area contributed by atoms with Gasteiger partial charge in [-0.2, -0.15) is 0 Å². The summed E-state index contributed by atoms with van der Waals surface area (Å²) in [5.74, 6) is 0.853. The van der Waals surface area contributed by atoms with Gasteiger partial charge >= 0.3 is 0 Å². The van der Waals surface area contributed by atoms with E-state index >= 15 is 0 Å². The molecule has 0 aliphatic carbocycles. The second kappa shape index (κ2) is 4.40. The molecule has 88 valence electrons. The fraction of sp³-hybridized carbons (Fsp3) is 1.00. The van der Waals surface area contributed by atoms with E-state index < -0.39 is 0 Å². The minimum Gasteiger partial charge on any atom is -0.370 e. The van der Waals surface area contributed by atoms with Crippen LogP contribution in [0.1, 0.15) is 27.2 Å². The Bertz CT molecular complexity index is 212. The highest BCUT2D eigenvalue weighted by molar-refractivity contribution is 4.85. The number of hydrogen-bond donors (Lipinski definition) is 1. The van der Waals surface area contributed by atoms with Crippen molar-refractivity contribution >= 4 is 0 Å². The molecule has 2 unspecified atom stereocenters. The third-order valence-electron chi connectivity index (χ3n) is 3.32. The summed E-state index contributed by atoms with van der Waals surface area (Å²) in [5, 5.41) is 3.44. The van der Waals surface area contributed by atoms with Crippen molar-refractivity contribution in [2.75, 3.05) is 32.7 Å². The molecule has 0 aromatic rings. The summed E-state index contributed by atoms with van der Waals surface area (Å²) in [5.41, 5.74) is 0.0314. The van der Waals surface area contributed by atoms with Gasteiger partial charge in [-0.05, 0) is 46.2 Å². The van der Waals surface area contributed by atoms with E-state index in [1.807, 2.05) is 0 Å². The Labute approximate surface area is 93.2 Å². The second-order valence-electron chi connectivity index (χ2n) is 5.74. The van der Waals surface area contributed by atoms with E-state index in [2.05, 4.69) is 31.0 Å². The molecule has 2 heterocycles. The van der Waals surface area contributed by atoms with Crippen LogP contribution < -0.4 is 5.32 Å². The molecule has 2 atom stereocenters. The van der Waals surface area contributed by atoms with Gasteiger partial charge in [-0.25, -0.2) is 0 Å². The lowest BCUT2D eigenvalue weighted by Crippen LogP contribution is -2.53. The highest BCUT2D eigenvalue weighted by Crippen LogP contribution is 2.22. The van der Waals surface area contributed by atoms with Crippen LogP contribution in [0, 0.1) is 5.92 Å².